The van der Waals surface area contributed by atoms with Gasteiger partial charge in [0.25, 0.3) is 5.91 Å². The highest BCUT2D eigenvalue weighted by molar-refractivity contribution is 9.10. The molecule has 2 rings (SSSR count). The Kier molecular flexibility index (Phi) is 6.35. The van der Waals surface area contributed by atoms with Crippen LogP contribution in [0.1, 0.15) is 28.8 Å². The summed E-state index contributed by atoms with van der Waals surface area (Å²) < 4.78 is 5.67. The number of halogens is 1. The van der Waals surface area contributed by atoms with Crippen molar-refractivity contribution in [1.82, 2.24) is 5.32 Å². The SMILES string of the molecule is C[C@@H](CNC(=O)COC(=O)c1ccccc1Br)c1ccccc1. The number of hydrogen-bond acceptors (Lipinski definition) is 3. The minimum atomic E-state index is -0.524. The molecular formula is C18H18BrNO3. The van der Waals surface area contributed by atoms with Gasteiger partial charge < -0.3 is 10.1 Å². The Bertz CT molecular complexity index is 673. The van der Waals surface area contributed by atoms with Crippen LogP contribution in [0, 0.1) is 0 Å². The van der Waals surface area contributed by atoms with Crippen molar-refractivity contribution in [1.29, 1.82) is 0 Å². The summed E-state index contributed by atoms with van der Waals surface area (Å²) in [5, 5.41) is 2.77. The highest BCUT2D eigenvalue weighted by atomic mass is 79.9. The molecular weight excluding hydrogens is 358 g/mol. The third kappa shape index (κ3) is 5.21. The van der Waals surface area contributed by atoms with E-state index in [9.17, 15) is 9.59 Å². The molecule has 1 amide bonds. The highest BCUT2D eigenvalue weighted by Crippen LogP contribution is 2.16. The summed E-state index contributed by atoms with van der Waals surface area (Å²) >= 11 is 3.28. The topological polar surface area (TPSA) is 55.4 Å². The molecule has 1 N–H and O–H groups in total. The summed E-state index contributed by atoms with van der Waals surface area (Å²) in [4.78, 5) is 23.7. The summed E-state index contributed by atoms with van der Waals surface area (Å²) in [6, 6.07) is 16.9. The first-order chi connectivity index (χ1) is 11.1. The van der Waals surface area contributed by atoms with Gasteiger partial charge in [-0.15, -0.1) is 0 Å². The Hall–Kier alpha value is -2.14. The Labute approximate surface area is 144 Å². The Morgan fingerprint density at radius 2 is 1.74 bits per heavy atom. The van der Waals surface area contributed by atoms with E-state index in [1.54, 1.807) is 24.3 Å². The van der Waals surface area contributed by atoms with Crippen LogP contribution in [0.4, 0.5) is 0 Å². The molecule has 0 aliphatic carbocycles. The molecule has 0 heterocycles. The standard InChI is InChI=1S/C18H18BrNO3/c1-13(14-7-3-2-4-8-14)11-20-17(21)12-23-18(22)15-9-5-6-10-16(15)19/h2-10,13H,11-12H2,1H3,(H,20,21)/t13-/m0/s1. The van der Waals surface area contributed by atoms with Gasteiger partial charge in [-0.1, -0.05) is 49.4 Å². The predicted octanol–water partition coefficient (Wildman–Crippen LogP) is 3.53. The van der Waals surface area contributed by atoms with Gasteiger partial charge in [0.2, 0.25) is 0 Å². The quantitative estimate of drug-likeness (QED) is 0.785. The number of nitrogens with one attached hydrogen (secondary N) is 1. The van der Waals surface area contributed by atoms with Crippen molar-refractivity contribution in [2.75, 3.05) is 13.2 Å². The summed E-state index contributed by atoms with van der Waals surface area (Å²) in [5.74, 6) is -0.643. The molecule has 0 bridgehead atoms. The van der Waals surface area contributed by atoms with Crippen LogP contribution in [0.3, 0.4) is 0 Å². The molecule has 4 nitrogen and oxygen atoms in total. The molecule has 0 aliphatic heterocycles. The number of benzene rings is 2. The third-order valence-corrected chi connectivity index (χ3v) is 4.09. The molecule has 0 aliphatic rings. The first-order valence-electron chi connectivity index (χ1n) is 7.31. The minimum Gasteiger partial charge on any atom is -0.452 e. The van der Waals surface area contributed by atoms with Crippen molar-refractivity contribution >= 4 is 27.8 Å². The maximum atomic E-state index is 11.9. The third-order valence-electron chi connectivity index (χ3n) is 3.40. The van der Waals surface area contributed by atoms with Gasteiger partial charge >= 0.3 is 5.97 Å². The lowest BCUT2D eigenvalue weighted by atomic mass is 10.0. The normalized spacial score (nSPS) is 11.6. The molecule has 23 heavy (non-hydrogen) atoms. The summed E-state index contributed by atoms with van der Waals surface area (Å²) in [7, 11) is 0. The first-order valence-corrected chi connectivity index (χ1v) is 8.10. The maximum Gasteiger partial charge on any atom is 0.339 e. The second kappa shape index (κ2) is 8.48. The van der Waals surface area contributed by atoms with E-state index in [0.29, 0.717) is 16.6 Å². The lowest BCUT2D eigenvalue weighted by Gasteiger charge is -2.13. The zero-order chi connectivity index (χ0) is 16.7. The molecule has 0 fully saturated rings. The zero-order valence-electron chi connectivity index (χ0n) is 12.8. The molecule has 0 spiro atoms. The van der Waals surface area contributed by atoms with Gasteiger partial charge in [0, 0.05) is 11.0 Å². The largest absolute Gasteiger partial charge is 0.452 e. The maximum absolute atomic E-state index is 11.9. The van der Waals surface area contributed by atoms with Gasteiger partial charge in [-0.3, -0.25) is 4.79 Å². The van der Waals surface area contributed by atoms with Gasteiger partial charge in [0.1, 0.15) is 0 Å². The van der Waals surface area contributed by atoms with E-state index in [1.807, 2.05) is 37.3 Å². The first kappa shape index (κ1) is 17.2. The van der Waals surface area contributed by atoms with Crippen molar-refractivity contribution < 1.29 is 14.3 Å². The Morgan fingerprint density at radius 3 is 2.43 bits per heavy atom. The van der Waals surface area contributed by atoms with Gasteiger partial charge in [-0.25, -0.2) is 4.79 Å². The van der Waals surface area contributed by atoms with Crippen LogP contribution in [-0.2, 0) is 9.53 Å². The van der Waals surface area contributed by atoms with Crippen LogP contribution in [-0.4, -0.2) is 25.0 Å². The number of carbonyl (C=O) groups is 2. The fourth-order valence-corrected chi connectivity index (χ4v) is 2.50. The van der Waals surface area contributed by atoms with Crippen LogP contribution < -0.4 is 5.32 Å². The number of hydrogen-bond donors (Lipinski definition) is 1. The number of ether oxygens (including phenoxy) is 1. The zero-order valence-corrected chi connectivity index (χ0v) is 14.4. The molecule has 120 valence electrons. The van der Waals surface area contributed by atoms with Crippen molar-refractivity contribution in [3.63, 3.8) is 0 Å². The number of amides is 1. The average Bonchev–Trinajstić information content (AvgIpc) is 2.58. The molecule has 1 atom stereocenters. The van der Waals surface area contributed by atoms with E-state index < -0.39 is 5.97 Å². The van der Waals surface area contributed by atoms with Crippen molar-refractivity contribution in [2.24, 2.45) is 0 Å². The van der Waals surface area contributed by atoms with Crippen LogP contribution in [0.25, 0.3) is 0 Å². The second-order valence-electron chi connectivity index (χ2n) is 5.17. The minimum absolute atomic E-state index is 0.194. The summed E-state index contributed by atoms with van der Waals surface area (Å²) in [5.41, 5.74) is 1.55. The van der Waals surface area contributed by atoms with Crippen LogP contribution >= 0.6 is 15.9 Å². The van der Waals surface area contributed by atoms with Crippen LogP contribution in [0.15, 0.2) is 59.1 Å². The van der Waals surface area contributed by atoms with Gasteiger partial charge in [0.15, 0.2) is 6.61 Å². The van der Waals surface area contributed by atoms with E-state index in [4.69, 9.17) is 4.74 Å². The van der Waals surface area contributed by atoms with Crippen LogP contribution in [0.2, 0.25) is 0 Å². The van der Waals surface area contributed by atoms with Crippen LogP contribution in [0.5, 0.6) is 0 Å². The molecule has 2 aromatic carbocycles. The van der Waals surface area contributed by atoms with E-state index in [-0.39, 0.29) is 18.4 Å². The highest BCUT2D eigenvalue weighted by Gasteiger charge is 2.13. The molecule has 0 saturated heterocycles. The summed E-state index contributed by atoms with van der Waals surface area (Å²) in [6.07, 6.45) is 0. The summed E-state index contributed by atoms with van der Waals surface area (Å²) in [6.45, 7) is 2.24. The number of esters is 1. The van der Waals surface area contributed by atoms with Crippen molar-refractivity contribution in [3.05, 3.63) is 70.2 Å². The second-order valence-corrected chi connectivity index (χ2v) is 6.03. The van der Waals surface area contributed by atoms with Gasteiger partial charge in [-0.05, 0) is 39.5 Å². The van der Waals surface area contributed by atoms with Gasteiger partial charge in [-0.2, -0.15) is 0 Å². The number of carbonyl (C=O) groups excluding carboxylic acids is 2. The molecule has 0 saturated carbocycles. The lowest BCUT2D eigenvalue weighted by Crippen LogP contribution is -2.31. The van der Waals surface area contributed by atoms with E-state index in [1.165, 1.54) is 0 Å². The lowest BCUT2D eigenvalue weighted by molar-refractivity contribution is -0.124. The number of rotatable bonds is 6. The molecule has 0 radical (unpaired) electrons. The predicted molar refractivity (Wildman–Crippen MR) is 92.3 cm³/mol. The molecule has 5 heteroatoms. The molecule has 0 aromatic heterocycles. The average molecular weight is 376 g/mol. The fourth-order valence-electron chi connectivity index (χ4n) is 2.05. The van der Waals surface area contributed by atoms with E-state index in [0.717, 1.165) is 5.56 Å². The van der Waals surface area contributed by atoms with Gasteiger partial charge in [0.05, 0.1) is 5.56 Å². The Balaban J connectivity index is 1.77. The van der Waals surface area contributed by atoms with E-state index >= 15 is 0 Å². The smallest absolute Gasteiger partial charge is 0.339 e. The van der Waals surface area contributed by atoms with Crippen molar-refractivity contribution in [2.45, 2.75) is 12.8 Å². The fraction of sp³-hybridized carbons (Fsp3) is 0.222. The monoisotopic (exact) mass is 375 g/mol. The van der Waals surface area contributed by atoms with E-state index in [2.05, 4.69) is 21.2 Å². The Morgan fingerprint density at radius 1 is 1.09 bits per heavy atom. The molecule has 2 aromatic rings. The van der Waals surface area contributed by atoms with Crippen molar-refractivity contribution in [3.8, 4) is 0 Å². The molecule has 0 unspecified atom stereocenters.